The molecule has 1 saturated heterocycles. The second-order valence-electron chi connectivity index (χ2n) is 6.87. The van der Waals surface area contributed by atoms with Crippen molar-refractivity contribution in [2.45, 2.75) is 45.7 Å². The van der Waals surface area contributed by atoms with E-state index >= 15 is 0 Å². The Kier molecular flexibility index (Phi) is 8.11. The molecule has 1 N–H and O–H groups in total. The van der Waals surface area contributed by atoms with E-state index in [1.165, 1.54) is 6.92 Å². The van der Waals surface area contributed by atoms with E-state index in [0.717, 1.165) is 28.7 Å². The summed E-state index contributed by atoms with van der Waals surface area (Å²) in [5, 5.41) is 2.70. The number of nitrogens with one attached hydrogen (secondary N) is 1. The predicted octanol–water partition coefficient (Wildman–Crippen LogP) is 2.54. The number of ether oxygens (including phenoxy) is 1. The molecule has 8 nitrogen and oxygen atoms in total. The zero-order valence-electron chi connectivity index (χ0n) is 16.2. The van der Waals surface area contributed by atoms with E-state index in [2.05, 4.69) is 24.1 Å². The standard InChI is InChI=1S/C17H26ClN3O5S2/c1-12(2)20-9-6-14(7-10-20)21(13(3)22)28(24,25)11-8-19-17(23)26-16-5-4-15(18)27-16/h4-5,12,14H,6-11H2,1-3H3,(H,19,23). The van der Waals surface area contributed by atoms with Crippen LogP contribution in [0.2, 0.25) is 4.34 Å². The van der Waals surface area contributed by atoms with E-state index in [1.54, 1.807) is 12.1 Å². The molecule has 158 valence electrons. The van der Waals surface area contributed by atoms with Crippen molar-refractivity contribution in [3.63, 3.8) is 0 Å². The smallest absolute Gasteiger partial charge is 0.399 e. The summed E-state index contributed by atoms with van der Waals surface area (Å²) in [7, 11) is -3.85. The van der Waals surface area contributed by atoms with Gasteiger partial charge in [0.05, 0.1) is 16.1 Å². The third kappa shape index (κ3) is 6.33. The van der Waals surface area contributed by atoms with Crippen molar-refractivity contribution in [3.05, 3.63) is 16.5 Å². The number of sulfonamides is 1. The molecule has 1 fully saturated rings. The molecule has 2 rings (SSSR count). The molecule has 0 bridgehead atoms. The third-order valence-corrected chi connectivity index (χ3v) is 7.53. The third-order valence-electron chi connectivity index (χ3n) is 4.54. The Balaban J connectivity index is 1.89. The summed E-state index contributed by atoms with van der Waals surface area (Å²) in [5.41, 5.74) is 0. The highest BCUT2D eigenvalue weighted by Crippen LogP contribution is 2.28. The van der Waals surface area contributed by atoms with Crippen molar-refractivity contribution in [2.75, 3.05) is 25.4 Å². The van der Waals surface area contributed by atoms with E-state index in [0.29, 0.717) is 28.3 Å². The second kappa shape index (κ2) is 9.91. The first kappa shape index (κ1) is 22.9. The van der Waals surface area contributed by atoms with Crippen molar-refractivity contribution in [3.8, 4) is 5.06 Å². The highest BCUT2D eigenvalue weighted by Gasteiger charge is 2.34. The quantitative estimate of drug-likeness (QED) is 0.684. The van der Waals surface area contributed by atoms with Crippen LogP contribution in [-0.4, -0.2) is 67.1 Å². The fourth-order valence-electron chi connectivity index (χ4n) is 3.18. The van der Waals surface area contributed by atoms with Crippen LogP contribution in [0.4, 0.5) is 4.79 Å². The number of halogens is 1. The fourth-order valence-corrected chi connectivity index (χ4v) is 5.66. The summed E-state index contributed by atoms with van der Waals surface area (Å²) in [5.74, 6) is -0.879. The lowest BCUT2D eigenvalue weighted by molar-refractivity contribution is -0.126. The Labute approximate surface area is 174 Å². The average molecular weight is 452 g/mol. The lowest BCUT2D eigenvalue weighted by atomic mass is 10.0. The van der Waals surface area contributed by atoms with Crippen LogP contribution in [0, 0.1) is 0 Å². The van der Waals surface area contributed by atoms with E-state index in [1.807, 2.05) is 0 Å². The Morgan fingerprint density at radius 2 is 2.00 bits per heavy atom. The average Bonchev–Trinajstić information content (AvgIpc) is 2.99. The van der Waals surface area contributed by atoms with Gasteiger partial charge in [-0.15, -0.1) is 0 Å². The Bertz CT molecular complexity index is 788. The van der Waals surface area contributed by atoms with Crippen LogP contribution in [0.3, 0.4) is 0 Å². The first-order valence-corrected chi connectivity index (χ1v) is 11.9. The molecule has 11 heteroatoms. The number of carbonyl (C=O) groups is 2. The van der Waals surface area contributed by atoms with Gasteiger partial charge in [-0.05, 0) is 38.8 Å². The lowest BCUT2D eigenvalue weighted by Gasteiger charge is -2.39. The van der Waals surface area contributed by atoms with Crippen molar-refractivity contribution < 1.29 is 22.7 Å². The Hall–Kier alpha value is -1.36. The summed E-state index contributed by atoms with van der Waals surface area (Å²) < 4.78 is 31.9. The molecule has 0 saturated carbocycles. The van der Waals surface area contributed by atoms with Crippen LogP contribution in [-0.2, 0) is 14.8 Å². The highest BCUT2D eigenvalue weighted by molar-refractivity contribution is 7.89. The van der Waals surface area contributed by atoms with Gasteiger partial charge in [-0.3, -0.25) is 4.79 Å². The second-order valence-corrected chi connectivity index (χ2v) is 10.5. The number of nitrogens with zero attached hydrogens (tertiary/aromatic N) is 2. The molecule has 0 aliphatic carbocycles. The number of carbonyl (C=O) groups excluding carboxylic acids is 2. The Morgan fingerprint density at radius 1 is 1.36 bits per heavy atom. The van der Waals surface area contributed by atoms with Gasteiger partial charge in [0.1, 0.15) is 0 Å². The van der Waals surface area contributed by atoms with Crippen molar-refractivity contribution in [1.82, 2.24) is 14.5 Å². The van der Waals surface area contributed by atoms with Gasteiger partial charge in [-0.25, -0.2) is 17.5 Å². The maximum absolute atomic E-state index is 12.7. The fraction of sp³-hybridized carbons (Fsp3) is 0.647. The van der Waals surface area contributed by atoms with E-state index in [-0.39, 0.29) is 18.3 Å². The van der Waals surface area contributed by atoms with Gasteiger partial charge in [-0.2, -0.15) is 0 Å². The predicted molar refractivity (Wildman–Crippen MR) is 109 cm³/mol. The number of rotatable bonds is 7. The molecule has 0 aromatic carbocycles. The highest BCUT2D eigenvalue weighted by atomic mass is 35.5. The van der Waals surface area contributed by atoms with Crippen molar-refractivity contribution >= 4 is 45.0 Å². The number of hydrogen-bond donors (Lipinski definition) is 1. The van der Waals surface area contributed by atoms with Gasteiger partial charge in [0.15, 0.2) is 5.06 Å². The molecular formula is C17H26ClN3O5S2. The van der Waals surface area contributed by atoms with Crippen LogP contribution in [0.5, 0.6) is 5.06 Å². The normalized spacial score (nSPS) is 16.2. The molecule has 0 radical (unpaired) electrons. The Morgan fingerprint density at radius 3 is 2.50 bits per heavy atom. The molecule has 2 amide bonds. The van der Waals surface area contributed by atoms with Crippen LogP contribution >= 0.6 is 22.9 Å². The molecule has 0 unspecified atom stereocenters. The number of thiophene rings is 1. The van der Waals surface area contributed by atoms with E-state index in [9.17, 15) is 18.0 Å². The largest absolute Gasteiger partial charge is 0.413 e. The number of hydrogen-bond acceptors (Lipinski definition) is 7. The SMILES string of the molecule is CC(=O)N(C1CCN(C(C)C)CC1)S(=O)(=O)CCNC(=O)Oc1ccc(Cl)s1. The van der Waals surface area contributed by atoms with Crippen LogP contribution in [0.1, 0.15) is 33.6 Å². The summed E-state index contributed by atoms with van der Waals surface area (Å²) in [6.45, 7) is 6.78. The summed E-state index contributed by atoms with van der Waals surface area (Å²) in [6, 6.07) is 3.17. The minimum atomic E-state index is -3.85. The van der Waals surface area contributed by atoms with Crippen molar-refractivity contribution in [2.24, 2.45) is 0 Å². The molecule has 1 aliphatic heterocycles. The molecule has 0 atom stereocenters. The first-order chi connectivity index (χ1) is 13.1. The summed E-state index contributed by atoms with van der Waals surface area (Å²) in [6.07, 6.45) is 0.435. The molecule has 2 heterocycles. The monoisotopic (exact) mass is 451 g/mol. The number of amides is 2. The minimum Gasteiger partial charge on any atom is -0.399 e. The molecule has 0 spiro atoms. The van der Waals surface area contributed by atoms with Crippen LogP contribution < -0.4 is 10.1 Å². The first-order valence-electron chi connectivity index (χ1n) is 9.08. The summed E-state index contributed by atoms with van der Waals surface area (Å²) >= 11 is 6.85. The van der Waals surface area contributed by atoms with Gasteiger partial charge in [0.2, 0.25) is 15.9 Å². The van der Waals surface area contributed by atoms with Crippen molar-refractivity contribution in [1.29, 1.82) is 0 Å². The maximum Gasteiger partial charge on any atom is 0.413 e. The molecule has 1 aromatic rings. The topological polar surface area (TPSA) is 96.0 Å². The maximum atomic E-state index is 12.7. The molecule has 1 aliphatic rings. The van der Waals surface area contributed by atoms with Crippen LogP contribution in [0.15, 0.2) is 12.1 Å². The van der Waals surface area contributed by atoms with E-state index in [4.69, 9.17) is 16.3 Å². The number of piperidine rings is 1. The van der Waals surface area contributed by atoms with Crippen LogP contribution in [0.25, 0.3) is 0 Å². The van der Waals surface area contributed by atoms with Gasteiger partial charge in [-0.1, -0.05) is 22.9 Å². The summed E-state index contributed by atoms with van der Waals surface area (Å²) in [4.78, 5) is 26.1. The minimum absolute atomic E-state index is 0.158. The van der Waals surface area contributed by atoms with Gasteiger partial charge in [0, 0.05) is 32.6 Å². The van der Waals surface area contributed by atoms with Gasteiger partial charge in [0.25, 0.3) is 0 Å². The van der Waals surface area contributed by atoms with Gasteiger partial charge >= 0.3 is 6.09 Å². The zero-order valence-corrected chi connectivity index (χ0v) is 18.6. The lowest BCUT2D eigenvalue weighted by Crippen LogP contribution is -2.51. The molecule has 1 aromatic heterocycles. The van der Waals surface area contributed by atoms with Gasteiger partial charge < -0.3 is 15.0 Å². The van der Waals surface area contributed by atoms with E-state index < -0.39 is 22.0 Å². The number of likely N-dealkylation sites (tertiary alicyclic amines) is 1. The zero-order chi connectivity index (χ0) is 20.9. The molecule has 28 heavy (non-hydrogen) atoms. The molecular weight excluding hydrogens is 426 g/mol.